The first-order valence-electron chi connectivity index (χ1n) is 3.28. The molecule has 0 bridgehead atoms. The van der Waals surface area contributed by atoms with Crippen molar-refractivity contribution in [1.29, 1.82) is 0 Å². The van der Waals surface area contributed by atoms with Gasteiger partial charge in [0, 0.05) is 20.0 Å². The zero-order valence-electron chi connectivity index (χ0n) is 6.44. The Morgan fingerprint density at radius 1 is 1.64 bits per heavy atom. The fourth-order valence-corrected chi connectivity index (χ4v) is 0.783. The van der Waals surface area contributed by atoms with Gasteiger partial charge in [-0.2, -0.15) is 8.78 Å². The molecule has 0 saturated carbocycles. The number of carbonyl (C=O) groups is 1. The standard InChI is InChI=1S/C5H9NO.C2H2F2/c1-6-4-2-3-5(6)7;1-2(3)4/h2-4H2,1H3;1H2. The molecule has 11 heavy (non-hydrogen) atoms. The molecule has 1 amide bonds. The van der Waals surface area contributed by atoms with Crippen molar-refractivity contribution in [2.45, 2.75) is 12.8 Å². The summed E-state index contributed by atoms with van der Waals surface area (Å²) in [4.78, 5) is 12.3. The van der Waals surface area contributed by atoms with Gasteiger partial charge in [0.1, 0.15) is 0 Å². The number of halogens is 2. The molecule has 0 unspecified atom stereocenters. The van der Waals surface area contributed by atoms with Crippen LogP contribution in [0.4, 0.5) is 8.78 Å². The van der Waals surface area contributed by atoms with Crippen molar-refractivity contribution in [1.82, 2.24) is 4.90 Å². The number of likely N-dealkylation sites (tertiary alicyclic amines) is 1. The minimum atomic E-state index is -1.83. The van der Waals surface area contributed by atoms with Crippen LogP contribution in [0.1, 0.15) is 12.8 Å². The summed E-state index contributed by atoms with van der Waals surface area (Å²) in [6, 6.07) is 0. The lowest BCUT2D eigenvalue weighted by molar-refractivity contribution is -0.126. The Labute approximate surface area is 64.5 Å². The highest BCUT2D eigenvalue weighted by Crippen LogP contribution is 2.04. The first kappa shape index (κ1) is 10.1. The molecule has 2 nitrogen and oxygen atoms in total. The van der Waals surface area contributed by atoms with Gasteiger partial charge >= 0.3 is 0 Å². The van der Waals surface area contributed by atoms with Crippen molar-refractivity contribution in [3.8, 4) is 0 Å². The quantitative estimate of drug-likeness (QED) is 0.531. The van der Waals surface area contributed by atoms with E-state index in [2.05, 4.69) is 6.58 Å². The number of amides is 1. The van der Waals surface area contributed by atoms with E-state index in [9.17, 15) is 13.6 Å². The summed E-state index contributed by atoms with van der Waals surface area (Å²) in [6.45, 7) is 3.18. The monoisotopic (exact) mass is 163 g/mol. The molecule has 1 rings (SSSR count). The molecule has 0 spiro atoms. The van der Waals surface area contributed by atoms with Gasteiger partial charge in [-0.1, -0.05) is 0 Å². The highest BCUT2D eigenvalue weighted by molar-refractivity contribution is 5.77. The largest absolute Gasteiger partial charge is 0.346 e. The summed E-state index contributed by atoms with van der Waals surface area (Å²) in [5, 5.41) is 0. The van der Waals surface area contributed by atoms with Gasteiger partial charge in [-0.3, -0.25) is 4.79 Å². The molecule has 0 aromatic carbocycles. The SMILES string of the molecule is C=C(F)F.CN1CCCC1=O. The second-order valence-electron chi connectivity index (χ2n) is 2.26. The van der Waals surface area contributed by atoms with Gasteiger partial charge in [-0.25, -0.2) is 0 Å². The number of hydrogen-bond donors (Lipinski definition) is 0. The molecule has 1 fully saturated rings. The van der Waals surface area contributed by atoms with E-state index in [1.54, 1.807) is 4.90 Å². The third-order valence-electron chi connectivity index (χ3n) is 1.31. The van der Waals surface area contributed by atoms with Crippen LogP contribution in [0.2, 0.25) is 0 Å². The predicted molar refractivity (Wildman–Crippen MR) is 38.2 cm³/mol. The van der Waals surface area contributed by atoms with Gasteiger partial charge in [0.25, 0.3) is 6.08 Å². The van der Waals surface area contributed by atoms with Crippen LogP contribution in [-0.2, 0) is 4.79 Å². The van der Waals surface area contributed by atoms with Crippen molar-refractivity contribution >= 4 is 5.91 Å². The fraction of sp³-hybridized carbons (Fsp3) is 0.571. The minimum Gasteiger partial charge on any atom is -0.346 e. The van der Waals surface area contributed by atoms with E-state index < -0.39 is 6.08 Å². The van der Waals surface area contributed by atoms with E-state index in [1.807, 2.05) is 7.05 Å². The summed E-state index contributed by atoms with van der Waals surface area (Å²) in [7, 11) is 1.84. The van der Waals surface area contributed by atoms with Crippen LogP contribution >= 0.6 is 0 Å². The maximum atomic E-state index is 10.5. The number of hydrogen-bond acceptors (Lipinski definition) is 1. The molecule has 1 aliphatic rings. The van der Waals surface area contributed by atoms with Crippen LogP contribution in [-0.4, -0.2) is 24.4 Å². The van der Waals surface area contributed by atoms with Crippen LogP contribution in [0.15, 0.2) is 12.7 Å². The Bertz CT molecular complexity index is 155. The van der Waals surface area contributed by atoms with Gasteiger partial charge in [0.05, 0.1) is 0 Å². The van der Waals surface area contributed by atoms with E-state index in [-0.39, 0.29) is 0 Å². The zero-order valence-corrected chi connectivity index (χ0v) is 6.44. The lowest BCUT2D eigenvalue weighted by Gasteiger charge is -2.03. The lowest BCUT2D eigenvalue weighted by Crippen LogP contribution is -2.17. The highest BCUT2D eigenvalue weighted by Gasteiger charge is 2.14. The lowest BCUT2D eigenvalue weighted by atomic mass is 10.4. The molecule has 0 N–H and O–H groups in total. The smallest absolute Gasteiger partial charge is 0.263 e. The van der Waals surface area contributed by atoms with E-state index >= 15 is 0 Å². The van der Waals surface area contributed by atoms with E-state index in [1.165, 1.54) is 0 Å². The maximum absolute atomic E-state index is 10.5. The Balaban J connectivity index is 0.000000218. The van der Waals surface area contributed by atoms with Crippen LogP contribution in [0.5, 0.6) is 0 Å². The van der Waals surface area contributed by atoms with Crippen molar-refractivity contribution < 1.29 is 13.6 Å². The molecule has 0 radical (unpaired) electrons. The Hall–Kier alpha value is -0.930. The van der Waals surface area contributed by atoms with Crippen molar-refractivity contribution in [2.24, 2.45) is 0 Å². The average molecular weight is 163 g/mol. The molecular weight excluding hydrogens is 152 g/mol. The van der Waals surface area contributed by atoms with Gasteiger partial charge in [-0.05, 0) is 13.0 Å². The molecule has 0 atom stereocenters. The van der Waals surface area contributed by atoms with Gasteiger partial charge < -0.3 is 4.90 Å². The Morgan fingerprint density at radius 2 is 2.09 bits per heavy atom. The first-order chi connectivity index (χ1) is 5.04. The van der Waals surface area contributed by atoms with Crippen molar-refractivity contribution in [3.63, 3.8) is 0 Å². The van der Waals surface area contributed by atoms with Crippen LogP contribution in [0.25, 0.3) is 0 Å². The zero-order chi connectivity index (χ0) is 8.85. The number of rotatable bonds is 0. The summed E-state index contributed by atoms with van der Waals surface area (Å²) in [5.74, 6) is 0.292. The summed E-state index contributed by atoms with van der Waals surface area (Å²) in [5.41, 5.74) is 0. The molecule has 0 aliphatic carbocycles. The molecule has 64 valence electrons. The topological polar surface area (TPSA) is 20.3 Å². The highest BCUT2D eigenvalue weighted by atomic mass is 19.3. The average Bonchev–Trinajstić information content (AvgIpc) is 2.15. The second kappa shape index (κ2) is 4.82. The van der Waals surface area contributed by atoms with Gasteiger partial charge in [0.2, 0.25) is 5.91 Å². The third kappa shape index (κ3) is 5.51. The van der Waals surface area contributed by atoms with Crippen LogP contribution < -0.4 is 0 Å². The van der Waals surface area contributed by atoms with E-state index in [0.29, 0.717) is 5.91 Å². The van der Waals surface area contributed by atoms with E-state index in [0.717, 1.165) is 19.4 Å². The van der Waals surface area contributed by atoms with Crippen LogP contribution in [0.3, 0.4) is 0 Å². The normalized spacial score (nSPS) is 15.9. The Kier molecular flexibility index (Phi) is 4.41. The summed E-state index contributed by atoms with van der Waals surface area (Å²) in [6.07, 6.45) is -0.0220. The fourth-order valence-electron chi connectivity index (χ4n) is 0.783. The van der Waals surface area contributed by atoms with Crippen LogP contribution in [0, 0.1) is 0 Å². The van der Waals surface area contributed by atoms with E-state index in [4.69, 9.17) is 0 Å². The number of nitrogens with zero attached hydrogens (tertiary/aromatic N) is 1. The summed E-state index contributed by atoms with van der Waals surface area (Å²) < 4.78 is 20.3. The Morgan fingerprint density at radius 3 is 2.18 bits per heavy atom. The van der Waals surface area contributed by atoms with Crippen molar-refractivity contribution in [2.75, 3.05) is 13.6 Å². The number of carbonyl (C=O) groups excluding carboxylic acids is 1. The van der Waals surface area contributed by atoms with Gasteiger partial charge in [-0.15, -0.1) is 0 Å². The molecule has 1 saturated heterocycles. The van der Waals surface area contributed by atoms with Gasteiger partial charge in [0.15, 0.2) is 0 Å². The first-order valence-corrected chi connectivity index (χ1v) is 3.28. The van der Waals surface area contributed by atoms with Crippen molar-refractivity contribution in [3.05, 3.63) is 12.7 Å². The molecule has 1 aliphatic heterocycles. The molecular formula is C7H11F2NO. The third-order valence-corrected chi connectivity index (χ3v) is 1.31. The molecule has 0 aromatic rings. The minimum absolute atomic E-state index is 0.292. The second-order valence-corrected chi connectivity index (χ2v) is 2.26. The molecule has 1 heterocycles. The molecule has 0 aromatic heterocycles. The molecule has 4 heteroatoms. The predicted octanol–water partition coefficient (Wildman–Crippen LogP) is 1.64. The maximum Gasteiger partial charge on any atom is 0.263 e. The summed E-state index contributed by atoms with van der Waals surface area (Å²) >= 11 is 0.